The Morgan fingerprint density at radius 2 is 1.47 bits per heavy atom. The summed E-state index contributed by atoms with van der Waals surface area (Å²) < 4.78 is 5.52. The summed E-state index contributed by atoms with van der Waals surface area (Å²) in [5.74, 6) is 0.307. The van der Waals surface area contributed by atoms with Crippen LogP contribution in [0.25, 0.3) is 0 Å². The van der Waals surface area contributed by atoms with Crippen LogP contribution in [0.2, 0.25) is 0 Å². The molecule has 2 rings (SSSR count). The topological polar surface area (TPSA) is 26.3 Å². The Labute approximate surface area is 114 Å². The summed E-state index contributed by atoms with van der Waals surface area (Å²) in [7, 11) is 0. The van der Waals surface area contributed by atoms with Crippen molar-refractivity contribution in [3.05, 3.63) is 65.7 Å². The van der Waals surface area contributed by atoms with E-state index in [2.05, 4.69) is 20.8 Å². The van der Waals surface area contributed by atoms with Gasteiger partial charge in [-0.3, -0.25) is 0 Å². The van der Waals surface area contributed by atoms with Gasteiger partial charge in [0.1, 0.15) is 5.75 Å². The zero-order chi connectivity index (χ0) is 13.9. The van der Waals surface area contributed by atoms with Gasteiger partial charge < -0.3 is 4.74 Å². The van der Waals surface area contributed by atoms with Crippen molar-refractivity contribution in [1.82, 2.24) is 0 Å². The summed E-state index contributed by atoms with van der Waals surface area (Å²) in [6.07, 6.45) is 0. The molecule has 0 saturated heterocycles. The molecule has 0 amide bonds. The summed E-state index contributed by atoms with van der Waals surface area (Å²) in [6, 6.07) is 16.7. The van der Waals surface area contributed by atoms with Gasteiger partial charge in [0, 0.05) is 5.56 Å². The maximum atomic E-state index is 12.1. The molecule has 2 aromatic carbocycles. The standard InChI is InChI=1S/C17H18O2/c1-17(2,3)14-11-7-8-12-15(14)19-16(18)13-9-5-4-6-10-13/h4-12H,1-3H3. The van der Waals surface area contributed by atoms with Crippen LogP contribution < -0.4 is 4.74 Å². The second kappa shape index (κ2) is 5.27. The third-order valence-corrected chi connectivity index (χ3v) is 2.91. The van der Waals surface area contributed by atoms with Crippen LogP contribution in [-0.2, 0) is 5.41 Å². The molecule has 0 aliphatic rings. The van der Waals surface area contributed by atoms with Crippen molar-refractivity contribution in [3.8, 4) is 5.75 Å². The molecule has 0 aliphatic heterocycles. The van der Waals surface area contributed by atoms with Crippen molar-refractivity contribution in [2.45, 2.75) is 26.2 Å². The maximum Gasteiger partial charge on any atom is 0.343 e. The minimum absolute atomic E-state index is 0.0619. The number of esters is 1. The third-order valence-electron chi connectivity index (χ3n) is 2.91. The number of carbonyl (C=O) groups is 1. The smallest absolute Gasteiger partial charge is 0.343 e. The summed E-state index contributed by atoms with van der Waals surface area (Å²) >= 11 is 0. The molecule has 19 heavy (non-hydrogen) atoms. The Hall–Kier alpha value is -2.09. The monoisotopic (exact) mass is 254 g/mol. The fraction of sp³-hybridized carbons (Fsp3) is 0.235. The molecule has 0 saturated carbocycles. The Balaban J connectivity index is 2.28. The summed E-state index contributed by atoms with van der Waals surface area (Å²) in [4.78, 5) is 12.1. The highest BCUT2D eigenvalue weighted by Gasteiger charge is 2.20. The molecular weight excluding hydrogens is 236 g/mol. The van der Waals surface area contributed by atoms with Crippen LogP contribution in [0.4, 0.5) is 0 Å². The molecule has 0 aliphatic carbocycles. The lowest BCUT2D eigenvalue weighted by Crippen LogP contribution is -2.16. The Morgan fingerprint density at radius 3 is 2.11 bits per heavy atom. The van der Waals surface area contributed by atoms with Gasteiger partial charge in [-0.15, -0.1) is 0 Å². The SMILES string of the molecule is CC(C)(C)c1ccccc1OC(=O)c1ccccc1. The first-order chi connectivity index (χ1) is 8.98. The molecule has 0 N–H and O–H groups in total. The molecule has 0 radical (unpaired) electrons. The van der Waals surface area contributed by atoms with E-state index in [4.69, 9.17) is 4.74 Å². The molecule has 0 unspecified atom stereocenters. The van der Waals surface area contributed by atoms with Gasteiger partial charge in [-0.25, -0.2) is 4.79 Å². The van der Waals surface area contributed by atoms with E-state index < -0.39 is 0 Å². The van der Waals surface area contributed by atoms with Crippen LogP contribution in [-0.4, -0.2) is 5.97 Å². The van der Waals surface area contributed by atoms with Gasteiger partial charge in [-0.05, 0) is 23.6 Å². The lowest BCUT2D eigenvalue weighted by atomic mass is 9.86. The van der Waals surface area contributed by atoms with Crippen molar-refractivity contribution in [3.63, 3.8) is 0 Å². The molecule has 0 bridgehead atoms. The molecule has 2 nitrogen and oxygen atoms in total. The normalized spacial score (nSPS) is 11.1. The number of para-hydroxylation sites is 1. The van der Waals surface area contributed by atoms with Crippen molar-refractivity contribution >= 4 is 5.97 Å². The minimum Gasteiger partial charge on any atom is -0.423 e. The average molecular weight is 254 g/mol. The fourth-order valence-corrected chi connectivity index (χ4v) is 1.91. The van der Waals surface area contributed by atoms with E-state index in [1.54, 1.807) is 12.1 Å². The Morgan fingerprint density at radius 1 is 0.895 bits per heavy atom. The van der Waals surface area contributed by atoms with E-state index in [1.165, 1.54) is 0 Å². The molecule has 0 heterocycles. The van der Waals surface area contributed by atoms with Crippen LogP contribution in [0.3, 0.4) is 0 Å². The maximum absolute atomic E-state index is 12.1. The molecule has 2 aromatic rings. The van der Waals surface area contributed by atoms with Gasteiger partial charge in [-0.2, -0.15) is 0 Å². The lowest BCUT2D eigenvalue weighted by Gasteiger charge is -2.22. The van der Waals surface area contributed by atoms with Crippen molar-refractivity contribution in [1.29, 1.82) is 0 Å². The summed E-state index contributed by atoms with van der Waals surface area (Å²) in [5, 5.41) is 0. The number of hydrogen-bond donors (Lipinski definition) is 0. The highest BCUT2D eigenvalue weighted by atomic mass is 16.5. The Kier molecular flexibility index (Phi) is 3.70. The highest BCUT2D eigenvalue weighted by Crippen LogP contribution is 2.31. The van der Waals surface area contributed by atoms with Gasteiger partial charge in [0.25, 0.3) is 0 Å². The number of carbonyl (C=O) groups excluding carboxylic acids is 1. The number of hydrogen-bond acceptors (Lipinski definition) is 2. The lowest BCUT2D eigenvalue weighted by molar-refractivity contribution is 0.0732. The quantitative estimate of drug-likeness (QED) is 0.593. The van der Waals surface area contributed by atoms with Gasteiger partial charge in [0.2, 0.25) is 0 Å². The molecule has 0 spiro atoms. The third kappa shape index (κ3) is 3.22. The van der Waals surface area contributed by atoms with E-state index in [9.17, 15) is 4.79 Å². The molecule has 0 aromatic heterocycles. The van der Waals surface area contributed by atoms with E-state index in [0.29, 0.717) is 11.3 Å². The zero-order valence-electron chi connectivity index (χ0n) is 11.5. The first kappa shape index (κ1) is 13.3. The van der Waals surface area contributed by atoms with Crippen LogP contribution in [0.15, 0.2) is 54.6 Å². The Bertz CT molecular complexity index is 565. The van der Waals surface area contributed by atoms with E-state index in [0.717, 1.165) is 5.56 Å². The van der Waals surface area contributed by atoms with E-state index in [1.807, 2.05) is 42.5 Å². The van der Waals surface area contributed by atoms with Crippen molar-refractivity contribution in [2.24, 2.45) is 0 Å². The van der Waals surface area contributed by atoms with Crippen molar-refractivity contribution in [2.75, 3.05) is 0 Å². The van der Waals surface area contributed by atoms with Gasteiger partial charge in [-0.1, -0.05) is 57.2 Å². The van der Waals surface area contributed by atoms with Crippen LogP contribution >= 0.6 is 0 Å². The largest absolute Gasteiger partial charge is 0.423 e. The predicted octanol–water partition coefficient (Wildman–Crippen LogP) is 4.20. The number of benzene rings is 2. The second-order valence-corrected chi connectivity index (χ2v) is 5.50. The summed E-state index contributed by atoms with van der Waals surface area (Å²) in [5.41, 5.74) is 1.53. The minimum atomic E-state index is -0.322. The molecule has 0 fully saturated rings. The van der Waals surface area contributed by atoms with E-state index >= 15 is 0 Å². The first-order valence-corrected chi connectivity index (χ1v) is 6.35. The number of ether oxygens (including phenoxy) is 1. The molecular formula is C17H18O2. The van der Waals surface area contributed by atoms with Crippen LogP contribution in [0, 0.1) is 0 Å². The molecule has 98 valence electrons. The number of rotatable bonds is 2. The van der Waals surface area contributed by atoms with E-state index in [-0.39, 0.29) is 11.4 Å². The second-order valence-electron chi connectivity index (χ2n) is 5.50. The zero-order valence-corrected chi connectivity index (χ0v) is 11.5. The fourth-order valence-electron chi connectivity index (χ4n) is 1.91. The van der Waals surface area contributed by atoms with Crippen LogP contribution in [0.5, 0.6) is 5.75 Å². The van der Waals surface area contributed by atoms with Crippen molar-refractivity contribution < 1.29 is 9.53 Å². The first-order valence-electron chi connectivity index (χ1n) is 6.35. The van der Waals surface area contributed by atoms with Gasteiger partial charge >= 0.3 is 5.97 Å². The highest BCUT2D eigenvalue weighted by molar-refractivity contribution is 5.91. The van der Waals surface area contributed by atoms with Gasteiger partial charge in [0.15, 0.2) is 0 Å². The molecule has 2 heteroatoms. The summed E-state index contributed by atoms with van der Waals surface area (Å²) in [6.45, 7) is 6.30. The predicted molar refractivity (Wildman–Crippen MR) is 76.5 cm³/mol. The van der Waals surface area contributed by atoms with Gasteiger partial charge in [0.05, 0.1) is 5.56 Å². The molecule has 0 atom stereocenters. The average Bonchev–Trinajstić information content (AvgIpc) is 2.39. The van der Waals surface area contributed by atoms with Crippen LogP contribution in [0.1, 0.15) is 36.7 Å².